The predicted molar refractivity (Wildman–Crippen MR) is 125 cm³/mol. The van der Waals surface area contributed by atoms with Crippen LogP contribution in [0, 0.1) is 18.3 Å². The Morgan fingerprint density at radius 2 is 1.91 bits per heavy atom. The van der Waals surface area contributed by atoms with Crippen molar-refractivity contribution >= 4 is 11.9 Å². The van der Waals surface area contributed by atoms with E-state index >= 15 is 0 Å². The normalized spacial score (nSPS) is 11.0. The topological polar surface area (TPSA) is 63.6 Å². The van der Waals surface area contributed by atoms with E-state index in [9.17, 15) is 10.1 Å². The molecule has 32 heavy (non-hydrogen) atoms. The average molecular weight is 421 g/mol. The highest BCUT2D eigenvalue weighted by atomic mass is 16.1. The number of hydrogen-bond donors (Lipinski definition) is 0. The second kappa shape index (κ2) is 9.76. The standard InChI is InChI=1S/C27H24N4O/c1-21-10-12-24(13-11-21)27(32)26-9-5-16-30(26)15-4-6-22-19-29-31(20-22)17-14-23-7-2-3-8-25(23)18-28/h2-13,16,19-20H,14-15,17H2,1H3/b6-4+. The van der Waals surface area contributed by atoms with E-state index in [0.29, 0.717) is 29.9 Å². The molecular weight excluding hydrogens is 396 g/mol. The fourth-order valence-electron chi connectivity index (χ4n) is 3.60. The number of nitrogens with zero attached hydrogens (tertiary/aromatic N) is 4. The SMILES string of the molecule is Cc1ccc(C(=O)c2cccn2C/C=C/c2cnn(CCc3ccccc3C#N)c2)cc1. The van der Waals surface area contributed by atoms with Gasteiger partial charge in [-0.25, -0.2) is 0 Å². The van der Waals surface area contributed by atoms with Crippen molar-refractivity contribution in [2.24, 2.45) is 0 Å². The minimum Gasteiger partial charge on any atom is -0.341 e. The van der Waals surface area contributed by atoms with E-state index in [2.05, 4.69) is 11.2 Å². The van der Waals surface area contributed by atoms with Gasteiger partial charge in [0.05, 0.1) is 23.5 Å². The highest BCUT2D eigenvalue weighted by molar-refractivity contribution is 6.08. The fraction of sp³-hybridized carbons (Fsp3) is 0.148. The predicted octanol–water partition coefficient (Wildman–Crippen LogP) is 5.05. The van der Waals surface area contributed by atoms with Crippen LogP contribution in [0.3, 0.4) is 0 Å². The number of carbonyl (C=O) groups excluding carboxylic acids is 1. The van der Waals surface area contributed by atoms with E-state index in [1.807, 2.05) is 108 Å². The summed E-state index contributed by atoms with van der Waals surface area (Å²) in [6.07, 6.45) is 10.5. The molecule has 0 N–H and O–H groups in total. The van der Waals surface area contributed by atoms with Crippen molar-refractivity contribution in [1.82, 2.24) is 14.3 Å². The van der Waals surface area contributed by atoms with Crippen LogP contribution < -0.4 is 0 Å². The molecule has 0 aliphatic heterocycles. The first kappa shape index (κ1) is 21.1. The number of aryl methyl sites for hydroxylation is 3. The molecule has 0 saturated heterocycles. The highest BCUT2D eigenvalue weighted by Crippen LogP contribution is 2.13. The van der Waals surface area contributed by atoms with Crippen LogP contribution in [0.25, 0.3) is 6.08 Å². The lowest BCUT2D eigenvalue weighted by molar-refractivity contribution is 0.103. The zero-order valence-corrected chi connectivity index (χ0v) is 18.0. The van der Waals surface area contributed by atoms with Crippen molar-refractivity contribution in [1.29, 1.82) is 5.26 Å². The van der Waals surface area contributed by atoms with Gasteiger partial charge in [0, 0.05) is 36.6 Å². The molecule has 0 atom stereocenters. The van der Waals surface area contributed by atoms with Crippen molar-refractivity contribution in [3.05, 3.63) is 119 Å². The molecule has 2 aromatic carbocycles. The van der Waals surface area contributed by atoms with Crippen LogP contribution >= 0.6 is 0 Å². The summed E-state index contributed by atoms with van der Waals surface area (Å²) < 4.78 is 3.83. The lowest BCUT2D eigenvalue weighted by atomic mass is 10.1. The van der Waals surface area contributed by atoms with E-state index in [-0.39, 0.29) is 5.78 Å². The Kier molecular flexibility index (Phi) is 6.43. The molecule has 0 saturated carbocycles. The van der Waals surface area contributed by atoms with Crippen LogP contribution in [0.1, 0.15) is 38.3 Å². The lowest BCUT2D eigenvalue weighted by Gasteiger charge is -2.06. The summed E-state index contributed by atoms with van der Waals surface area (Å²) in [5.41, 5.74) is 5.24. The Hall–Kier alpha value is -4.17. The molecule has 4 rings (SSSR count). The summed E-state index contributed by atoms with van der Waals surface area (Å²) in [7, 11) is 0. The van der Waals surface area contributed by atoms with E-state index in [0.717, 1.165) is 23.1 Å². The molecule has 0 fully saturated rings. The van der Waals surface area contributed by atoms with Crippen molar-refractivity contribution in [3.8, 4) is 6.07 Å². The maximum atomic E-state index is 12.8. The van der Waals surface area contributed by atoms with Gasteiger partial charge in [0.15, 0.2) is 0 Å². The van der Waals surface area contributed by atoms with Gasteiger partial charge in [-0.1, -0.05) is 60.2 Å². The first-order chi connectivity index (χ1) is 15.6. The summed E-state index contributed by atoms with van der Waals surface area (Å²) in [5, 5.41) is 13.6. The number of rotatable bonds is 8. The Morgan fingerprint density at radius 3 is 2.72 bits per heavy atom. The molecule has 5 heteroatoms. The van der Waals surface area contributed by atoms with Crippen molar-refractivity contribution in [3.63, 3.8) is 0 Å². The van der Waals surface area contributed by atoms with Gasteiger partial charge in [-0.2, -0.15) is 10.4 Å². The van der Waals surface area contributed by atoms with Gasteiger partial charge in [-0.05, 0) is 37.1 Å². The largest absolute Gasteiger partial charge is 0.341 e. The molecule has 5 nitrogen and oxygen atoms in total. The number of carbonyl (C=O) groups is 1. The molecule has 0 bridgehead atoms. The second-order valence-corrected chi connectivity index (χ2v) is 7.70. The minimum absolute atomic E-state index is 0.0221. The fourth-order valence-corrected chi connectivity index (χ4v) is 3.60. The first-order valence-corrected chi connectivity index (χ1v) is 10.6. The molecule has 0 amide bonds. The number of nitriles is 1. The molecule has 4 aromatic rings. The van der Waals surface area contributed by atoms with Crippen molar-refractivity contribution in [2.75, 3.05) is 0 Å². The number of ketones is 1. The molecule has 158 valence electrons. The molecule has 0 spiro atoms. The summed E-state index contributed by atoms with van der Waals surface area (Å²) >= 11 is 0. The van der Waals surface area contributed by atoms with Gasteiger partial charge in [0.25, 0.3) is 0 Å². The van der Waals surface area contributed by atoms with Gasteiger partial charge in [-0.15, -0.1) is 0 Å². The van der Waals surface area contributed by atoms with Crippen molar-refractivity contribution < 1.29 is 4.79 Å². The molecule has 0 unspecified atom stereocenters. The summed E-state index contributed by atoms with van der Waals surface area (Å²) in [6, 6.07) is 21.3. The molecular formula is C27H24N4O. The second-order valence-electron chi connectivity index (χ2n) is 7.70. The van der Waals surface area contributed by atoms with Crippen LogP contribution in [0.15, 0.2) is 85.3 Å². The summed E-state index contributed by atoms with van der Waals surface area (Å²) in [5.74, 6) is 0.0221. The monoisotopic (exact) mass is 420 g/mol. The average Bonchev–Trinajstić information content (AvgIpc) is 3.47. The Bertz CT molecular complexity index is 1290. The van der Waals surface area contributed by atoms with Crippen molar-refractivity contribution in [2.45, 2.75) is 26.4 Å². The zero-order valence-electron chi connectivity index (χ0n) is 18.0. The Labute approximate surface area is 187 Å². The van der Waals surface area contributed by atoms with Crippen LogP contribution in [-0.2, 0) is 19.5 Å². The number of aromatic nitrogens is 3. The highest BCUT2D eigenvalue weighted by Gasteiger charge is 2.12. The minimum atomic E-state index is 0.0221. The van der Waals surface area contributed by atoms with Crippen LogP contribution in [-0.4, -0.2) is 20.1 Å². The summed E-state index contributed by atoms with van der Waals surface area (Å²) in [6.45, 7) is 3.31. The zero-order chi connectivity index (χ0) is 22.3. The van der Waals surface area contributed by atoms with Gasteiger partial charge >= 0.3 is 0 Å². The van der Waals surface area contributed by atoms with Gasteiger partial charge < -0.3 is 4.57 Å². The van der Waals surface area contributed by atoms with Crippen LogP contribution in [0.2, 0.25) is 0 Å². The number of benzene rings is 2. The van der Waals surface area contributed by atoms with E-state index in [1.165, 1.54) is 0 Å². The van der Waals surface area contributed by atoms with Gasteiger partial charge in [-0.3, -0.25) is 9.48 Å². The number of hydrogen-bond acceptors (Lipinski definition) is 3. The molecule has 0 aliphatic carbocycles. The maximum absolute atomic E-state index is 12.8. The van der Waals surface area contributed by atoms with Crippen LogP contribution in [0.4, 0.5) is 0 Å². The van der Waals surface area contributed by atoms with Gasteiger partial charge in [0.2, 0.25) is 5.78 Å². The van der Waals surface area contributed by atoms with Crippen LogP contribution in [0.5, 0.6) is 0 Å². The number of allylic oxidation sites excluding steroid dienone is 1. The lowest BCUT2D eigenvalue weighted by Crippen LogP contribution is -2.09. The Morgan fingerprint density at radius 1 is 1.09 bits per heavy atom. The van der Waals surface area contributed by atoms with Gasteiger partial charge in [0.1, 0.15) is 0 Å². The van der Waals surface area contributed by atoms with E-state index in [4.69, 9.17) is 0 Å². The first-order valence-electron chi connectivity index (χ1n) is 10.6. The third-order valence-electron chi connectivity index (χ3n) is 5.39. The molecule has 2 aromatic heterocycles. The Balaban J connectivity index is 1.37. The summed E-state index contributed by atoms with van der Waals surface area (Å²) in [4.78, 5) is 12.8. The molecule has 0 aliphatic rings. The molecule has 0 radical (unpaired) electrons. The van der Waals surface area contributed by atoms with E-state index < -0.39 is 0 Å². The molecule has 2 heterocycles. The third kappa shape index (κ3) is 4.93. The third-order valence-corrected chi connectivity index (χ3v) is 5.39. The maximum Gasteiger partial charge on any atom is 0.209 e. The quantitative estimate of drug-likeness (QED) is 0.375. The van der Waals surface area contributed by atoms with E-state index in [1.54, 1.807) is 0 Å². The smallest absolute Gasteiger partial charge is 0.209 e.